The van der Waals surface area contributed by atoms with Gasteiger partial charge < -0.3 is 16.0 Å². The maximum Gasteiger partial charge on any atom is 0.315 e. The van der Waals surface area contributed by atoms with Crippen LogP contribution in [0.3, 0.4) is 0 Å². The Kier molecular flexibility index (Phi) is 7.55. The Balaban J connectivity index is 1.47. The van der Waals surface area contributed by atoms with Crippen molar-refractivity contribution < 1.29 is 14.0 Å². The second-order valence-electron chi connectivity index (χ2n) is 6.74. The van der Waals surface area contributed by atoms with Gasteiger partial charge in [0.05, 0.1) is 11.6 Å². The Hall–Kier alpha value is -3.67. The normalized spacial score (nSPS) is 10.5. The van der Waals surface area contributed by atoms with Gasteiger partial charge in [-0.3, -0.25) is 4.79 Å². The maximum atomic E-state index is 13.6. The maximum absolute atomic E-state index is 13.6. The van der Waals surface area contributed by atoms with Gasteiger partial charge in [0.1, 0.15) is 5.82 Å². The van der Waals surface area contributed by atoms with Crippen molar-refractivity contribution in [3.05, 3.63) is 107 Å². The summed E-state index contributed by atoms with van der Waals surface area (Å²) in [5.41, 5.74) is 1.98. The lowest BCUT2D eigenvalue weighted by molar-refractivity contribution is 0.0949. The molecule has 0 bridgehead atoms. The van der Waals surface area contributed by atoms with Gasteiger partial charge in [0, 0.05) is 13.1 Å². The molecule has 0 fully saturated rings. The fourth-order valence-corrected chi connectivity index (χ4v) is 3.07. The summed E-state index contributed by atoms with van der Waals surface area (Å²) in [5, 5.41) is 8.45. The Bertz CT molecular complexity index is 925. The first-order valence-corrected chi connectivity index (χ1v) is 9.82. The van der Waals surface area contributed by atoms with E-state index in [1.807, 2.05) is 60.7 Å². The quantitative estimate of drug-likeness (QED) is 0.495. The third-order valence-corrected chi connectivity index (χ3v) is 4.58. The molecule has 0 saturated carbocycles. The summed E-state index contributed by atoms with van der Waals surface area (Å²) in [6.45, 7) is 0.702. The van der Waals surface area contributed by atoms with Crippen LogP contribution in [-0.4, -0.2) is 25.0 Å². The minimum absolute atomic E-state index is 0.0109. The van der Waals surface area contributed by atoms with E-state index in [1.54, 1.807) is 6.07 Å². The van der Waals surface area contributed by atoms with Crippen LogP contribution in [0.1, 0.15) is 33.9 Å². The number of urea groups is 1. The number of benzene rings is 3. The first-order valence-electron chi connectivity index (χ1n) is 9.82. The molecule has 3 amide bonds. The van der Waals surface area contributed by atoms with Crippen LogP contribution in [0.2, 0.25) is 0 Å². The third kappa shape index (κ3) is 5.91. The van der Waals surface area contributed by atoms with Gasteiger partial charge >= 0.3 is 6.03 Å². The molecule has 0 radical (unpaired) electrons. The highest BCUT2D eigenvalue weighted by atomic mass is 19.1. The molecule has 30 heavy (non-hydrogen) atoms. The molecule has 0 aliphatic heterocycles. The molecule has 0 aliphatic rings. The van der Waals surface area contributed by atoms with E-state index >= 15 is 0 Å². The van der Waals surface area contributed by atoms with Crippen LogP contribution >= 0.6 is 0 Å². The zero-order valence-corrected chi connectivity index (χ0v) is 16.5. The summed E-state index contributed by atoms with van der Waals surface area (Å²) in [5.74, 6) is -1.02. The van der Waals surface area contributed by atoms with Crippen molar-refractivity contribution in [1.82, 2.24) is 16.0 Å². The van der Waals surface area contributed by atoms with Crippen LogP contribution in [0.5, 0.6) is 0 Å². The first-order chi connectivity index (χ1) is 14.6. The van der Waals surface area contributed by atoms with Crippen molar-refractivity contribution in [2.75, 3.05) is 13.1 Å². The Morgan fingerprint density at radius 3 is 1.87 bits per heavy atom. The van der Waals surface area contributed by atoms with Gasteiger partial charge in [0.15, 0.2) is 0 Å². The fourth-order valence-electron chi connectivity index (χ4n) is 3.07. The number of carbonyl (C=O) groups is 2. The highest BCUT2D eigenvalue weighted by Gasteiger charge is 2.16. The molecular formula is C24H24FN3O2. The highest BCUT2D eigenvalue weighted by Crippen LogP contribution is 2.21. The minimum Gasteiger partial charge on any atom is -0.352 e. The number of hydrogen-bond acceptors (Lipinski definition) is 2. The first kappa shape index (κ1) is 21.0. The monoisotopic (exact) mass is 405 g/mol. The fraction of sp³-hybridized carbons (Fsp3) is 0.167. The molecule has 0 spiro atoms. The second kappa shape index (κ2) is 10.8. The summed E-state index contributed by atoms with van der Waals surface area (Å²) < 4.78 is 13.6. The number of hydrogen-bond donors (Lipinski definition) is 3. The molecule has 3 N–H and O–H groups in total. The summed E-state index contributed by atoms with van der Waals surface area (Å²) >= 11 is 0. The van der Waals surface area contributed by atoms with Crippen LogP contribution in [0, 0.1) is 5.82 Å². The predicted molar refractivity (Wildman–Crippen MR) is 115 cm³/mol. The van der Waals surface area contributed by atoms with Crippen LogP contribution in [0.25, 0.3) is 0 Å². The smallest absolute Gasteiger partial charge is 0.315 e. The number of nitrogens with one attached hydrogen (secondary N) is 3. The van der Waals surface area contributed by atoms with Gasteiger partial charge in [-0.2, -0.15) is 0 Å². The van der Waals surface area contributed by atoms with Gasteiger partial charge in [0.2, 0.25) is 0 Å². The molecule has 0 heterocycles. The number of halogens is 1. The molecule has 0 aromatic heterocycles. The average Bonchev–Trinajstić information content (AvgIpc) is 2.78. The standard InChI is InChI=1S/C24H24FN3O2/c25-21-15-8-7-14-20(21)23(29)26-16-9-17-27-24(30)28-22(18-10-3-1-4-11-18)19-12-5-2-6-13-19/h1-8,10-15,22H,9,16-17H2,(H,26,29)(H2,27,28,30). The number of carbonyl (C=O) groups excluding carboxylic acids is 2. The highest BCUT2D eigenvalue weighted by molar-refractivity contribution is 5.94. The van der Waals surface area contributed by atoms with E-state index in [2.05, 4.69) is 16.0 Å². The minimum atomic E-state index is -0.555. The molecule has 0 unspecified atom stereocenters. The van der Waals surface area contributed by atoms with Gasteiger partial charge in [-0.05, 0) is 29.7 Å². The lowest BCUT2D eigenvalue weighted by atomic mass is 9.99. The van der Waals surface area contributed by atoms with E-state index in [1.165, 1.54) is 18.2 Å². The molecule has 0 atom stereocenters. The molecule has 3 aromatic carbocycles. The molecule has 6 heteroatoms. The lowest BCUT2D eigenvalue weighted by Crippen LogP contribution is -2.39. The van der Waals surface area contributed by atoms with E-state index in [-0.39, 0.29) is 17.6 Å². The lowest BCUT2D eigenvalue weighted by Gasteiger charge is -2.20. The van der Waals surface area contributed by atoms with Crippen molar-refractivity contribution in [2.24, 2.45) is 0 Å². The van der Waals surface area contributed by atoms with Gasteiger partial charge in [-0.1, -0.05) is 72.8 Å². The molecule has 5 nitrogen and oxygen atoms in total. The van der Waals surface area contributed by atoms with E-state index in [9.17, 15) is 14.0 Å². The molecular weight excluding hydrogens is 381 g/mol. The van der Waals surface area contributed by atoms with E-state index < -0.39 is 11.7 Å². The summed E-state index contributed by atoms with van der Waals surface area (Å²) in [4.78, 5) is 24.4. The Morgan fingerprint density at radius 1 is 0.733 bits per heavy atom. The Morgan fingerprint density at radius 2 is 1.27 bits per heavy atom. The van der Waals surface area contributed by atoms with Crippen LogP contribution in [0.4, 0.5) is 9.18 Å². The van der Waals surface area contributed by atoms with Crippen molar-refractivity contribution in [2.45, 2.75) is 12.5 Å². The molecule has 3 rings (SSSR count). The topological polar surface area (TPSA) is 70.2 Å². The largest absolute Gasteiger partial charge is 0.352 e. The van der Waals surface area contributed by atoms with Crippen LogP contribution in [-0.2, 0) is 0 Å². The molecule has 154 valence electrons. The summed E-state index contributed by atoms with van der Waals surface area (Å²) in [6, 6.07) is 24.7. The van der Waals surface area contributed by atoms with Gasteiger partial charge in [-0.15, -0.1) is 0 Å². The molecule has 3 aromatic rings. The SMILES string of the molecule is O=C(NCCCNC(=O)c1ccccc1F)NC(c1ccccc1)c1ccccc1. The molecule has 0 saturated heterocycles. The summed E-state index contributed by atoms with van der Waals surface area (Å²) in [7, 11) is 0. The van der Waals surface area contributed by atoms with E-state index in [0.29, 0.717) is 19.5 Å². The zero-order chi connectivity index (χ0) is 21.2. The zero-order valence-electron chi connectivity index (χ0n) is 16.5. The number of rotatable bonds is 8. The molecule has 0 aliphatic carbocycles. The number of amides is 3. The van der Waals surface area contributed by atoms with E-state index in [0.717, 1.165) is 11.1 Å². The second-order valence-corrected chi connectivity index (χ2v) is 6.74. The van der Waals surface area contributed by atoms with Crippen molar-refractivity contribution in [3.8, 4) is 0 Å². The van der Waals surface area contributed by atoms with Crippen molar-refractivity contribution in [3.63, 3.8) is 0 Å². The van der Waals surface area contributed by atoms with Gasteiger partial charge in [0.25, 0.3) is 5.91 Å². The predicted octanol–water partition coefficient (Wildman–Crippen LogP) is 4.03. The van der Waals surface area contributed by atoms with Crippen LogP contribution in [0.15, 0.2) is 84.9 Å². The van der Waals surface area contributed by atoms with Crippen LogP contribution < -0.4 is 16.0 Å². The Labute approximate surface area is 175 Å². The van der Waals surface area contributed by atoms with E-state index in [4.69, 9.17) is 0 Å². The van der Waals surface area contributed by atoms with Gasteiger partial charge in [-0.25, -0.2) is 9.18 Å². The summed E-state index contributed by atoms with van der Waals surface area (Å²) in [6.07, 6.45) is 0.523. The van der Waals surface area contributed by atoms with Crippen molar-refractivity contribution >= 4 is 11.9 Å². The average molecular weight is 405 g/mol. The third-order valence-electron chi connectivity index (χ3n) is 4.58. The van der Waals surface area contributed by atoms with Crippen molar-refractivity contribution in [1.29, 1.82) is 0 Å².